The van der Waals surface area contributed by atoms with E-state index in [1.807, 2.05) is 30.3 Å². The highest BCUT2D eigenvalue weighted by atomic mass is 19.1. The predicted molar refractivity (Wildman–Crippen MR) is 106 cm³/mol. The van der Waals surface area contributed by atoms with Gasteiger partial charge in [0, 0.05) is 18.8 Å². The molecule has 1 aliphatic rings. The highest BCUT2D eigenvalue weighted by Crippen LogP contribution is 2.33. The van der Waals surface area contributed by atoms with Crippen molar-refractivity contribution in [2.24, 2.45) is 0 Å². The van der Waals surface area contributed by atoms with Gasteiger partial charge in [0.25, 0.3) is 5.91 Å². The van der Waals surface area contributed by atoms with Crippen LogP contribution in [-0.4, -0.2) is 29.3 Å². The monoisotopic (exact) mass is 396 g/mol. The fourth-order valence-corrected chi connectivity index (χ4v) is 3.14. The molecule has 2 aromatic carbocycles. The zero-order chi connectivity index (χ0) is 21.0. The van der Waals surface area contributed by atoms with E-state index >= 15 is 0 Å². The lowest BCUT2D eigenvalue weighted by atomic mass is 9.94. The first kappa shape index (κ1) is 20.3. The standard InChI is InChI=1S/C22H21FN2O4/c1-14-7-8-17(11-19(14)23)24-21(27)13-29-22(28)12-20-18-6-4-3-5-16(18)9-10-25(20)15(2)26/h3-11,20H,12-13H2,1-2H3,(H,24,27)/t20-/m1/s1. The Hall–Kier alpha value is -3.48. The Labute approximate surface area is 168 Å². The van der Waals surface area contributed by atoms with Crippen LogP contribution in [0.15, 0.2) is 48.7 Å². The van der Waals surface area contributed by atoms with E-state index in [1.165, 1.54) is 17.9 Å². The summed E-state index contributed by atoms with van der Waals surface area (Å²) >= 11 is 0. The largest absolute Gasteiger partial charge is 0.455 e. The second-order valence-electron chi connectivity index (χ2n) is 6.76. The van der Waals surface area contributed by atoms with Gasteiger partial charge in [-0.1, -0.05) is 30.3 Å². The van der Waals surface area contributed by atoms with Gasteiger partial charge in [0.15, 0.2) is 6.61 Å². The summed E-state index contributed by atoms with van der Waals surface area (Å²) in [6.45, 7) is 2.54. The van der Waals surface area contributed by atoms with Crippen LogP contribution >= 0.6 is 0 Å². The molecule has 0 radical (unpaired) electrons. The Morgan fingerprint density at radius 3 is 2.66 bits per heavy atom. The number of esters is 1. The first-order chi connectivity index (χ1) is 13.8. The highest BCUT2D eigenvalue weighted by Gasteiger charge is 2.28. The lowest BCUT2D eigenvalue weighted by Crippen LogP contribution is -2.33. The summed E-state index contributed by atoms with van der Waals surface area (Å²) in [4.78, 5) is 37.7. The van der Waals surface area contributed by atoms with Gasteiger partial charge in [-0.3, -0.25) is 14.4 Å². The number of halogens is 1. The molecule has 1 N–H and O–H groups in total. The molecule has 2 amide bonds. The SMILES string of the molecule is CC(=O)N1C=Cc2ccccc2[C@H]1CC(=O)OCC(=O)Nc1ccc(C)c(F)c1. The first-order valence-electron chi connectivity index (χ1n) is 9.13. The van der Waals surface area contributed by atoms with Gasteiger partial charge >= 0.3 is 5.97 Å². The Morgan fingerprint density at radius 1 is 1.17 bits per heavy atom. The Kier molecular flexibility index (Phi) is 6.07. The molecule has 0 spiro atoms. The minimum atomic E-state index is -0.614. The number of rotatable bonds is 5. The maximum Gasteiger partial charge on any atom is 0.308 e. The molecule has 0 aliphatic carbocycles. The molecule has 1 atom stereocenters. The van der Waals surface area contributed by atoms with Crippen molar-refractivity contribution in [3.8, 4) is 0 Å². The molecule has 29 heavy (non-hydrogen) atoms. The molecular weight excluding hydrogens is 375 g/mol. The predicted octanol–water partition coefficient (Wildman–Crippen LogP) is 3.58. The molecule has 2 aromatic rings. The van der Waals surface area contributed by atoms with Gasteiger partial charge in [0.2, 0.25) is 5.91 Å². The third-order valence-electron chi connectivity index (χ3n) is 4.65. The highest BCUT2D eigenvalue weighted by molar-refractivity contribution is 5.93. The van der Waals surface area contributed by atoms with Crippen LogP contribution in [0.4, 0.5) is 10.1 Å². The van der Waals surface area contributed by atoms with Crippen LogP contribution in [0.25, 0.3) is 6.08 Å². The molecule has 1 heterocycles. The second kappa shape index (κ2) is 8.68. The maximum atomic E-state index is 13.6. The fourth-order valence-electron chi connectivity index (χ4n) is 3.14. The average Bonchev–Trinajstić information content (AvgIpc) is 2.69. The van der Waals surface area contributed by atoms with Crippen LogP contribution in [0.5, 0.6) is 0 Å². The number of amides is 2. The minimum Gasteiger partial charge on any atom is -0.455 e. The molecule has 0 aromatic heterocycles. The molecule has 0 bridgehead atoms. The molecule has 0 fully saturated rings. The fraction of sp³-hybridized carbons (Fsp3) is 0.227. The van der Waals surface area contributed by atoms with E-state index in [0.717, 1.165) is 11.1 Å². The van der Waals surface area contributed by atoms with Crippen molar-refractivity contribution in [1.82, 2.24) is 4.90 Å². The molecule has 6 nitrogen and oxygen atoms in total. The third-order valence-corrected chi connectivity index (χ3v) is 4.65. The number of aryl methyl sites for hydroxylation is 1. The summed E-state index contributed by atoms with van der Waals surface area (Å²) in [6.07, 6.45) is 3.36. The lowest BCUT2D eigenvalue weighted by Gasteiger charge is -2.32. The smallest absolute Gasteiger partial charge is 0.308 e. The molecule has 0 saturated heterocycles. The number of hydrogen-bond acceptors (Lipinski definition) is 4. The van der Waals surface area contributed by atoms with Crippen LogP contribution in [0, 0.1) is 12.7 Å². The zero-order valence-corrected chi connectivity index (χ0v) is 16.1. The van der Waals surface area contributed by atoms with Crippen LogP contribution in [0.1, 0.15) is 36.1 Å². The van der Waals surface area contributed by atoms with Crippen LogP contribution in [0.3, 0.4) is 0 Å². The topological polar surface area (TPSA) is 75.7 Å². The quantitative estimate of drug-likeness (QED) is 0.784. The number of fused-ring (bicyclic) bond motifs is 1. The molecule has 1 aliphatic heterocycles. The molecule has 0 saturated carbocycles. The van der Waals surface area contributed by atoms with E-state index in [2.05, 4.69) is 5.32 Å². The van der Waals surface area contributed by atoms with Gasteiger partial charge in [-0.25, -0.2) is 4.39 Å². The van der Waals surface area contributed by atoms with Gasteiger partial charge in [-0.15, -0.1) is 0 Å². The van der Waals surface area contributed by atoms with E-state index in [-0.39, 0.29) is 18.0 Å². The number of hydrogen-bond donors (Lipinski definition) is 1. The van der Waals surface area contributed by atoms with Crippen LogP contribution < -0.4 is 5.32 Å². The van der Waals surface area contributed by atoms with Gasteiger partial charge in [0.1, 0.15) is 5.82 Å². The molecule has 0 unspecified atom stereocenters. The Bertz CT molecular complexity index is 987. The third kappa shape index (κ3) is 4.87. The first-order valence-corrected chi connectivity index (χ1v) is 9.13. The normalized spacial score (nSPS) is 14.9. The number of ether oxygens (including phenoxy) is 1. The summed E-state index contributed by atoms with van der Waals surface area (Å²) < 4.78 is 18.6. The van der Waals surface area contributed by atoms with Crippen molar-refractivity contribution in [2.45, 2.75) is 26.3 Å². The van der Waals surface area contributed by atoms with E-state index in [0.29, 0.717) is 5.56 Å². The van der Waals surface area contributed by atoms with Gasteiger partial charge in [-0.2, -0.15) is 0 Å². The number of nitrogens with zero attached hydrogens (tertiary/aromatic N) is 1. The zero-order valence-electron chi connectivity index (χ0n) is 16.1. The van der Waals surface area contributed by atoms with Gasteiger partial charge in [0.05, 0.1) is 12.5 Å². The number of carbonyl (C=O) groups is 3. The molecular formula is C22H21FN2O4. The van der Waals surface area contributed by atoms with Crippen molar-refractivity contribution in [1.29, 1.82) is 0 Å². The maximum absolute atomic E-state index is 13.6. The van der Waals surface area contributed by atoms with Crippen LogP contribution in [0.2, 0.25) is 0 Å². The van der Waals surface area contributed by atoms with Crippen molar-refractivity contribution < 1.29 is 23.5 Å². The summed E-state index contributed by atoms with van der Waals surface area (Å²) in [7, 11) is 0. The van der Waals surface area contributed by atoms with Crippen molar-refractivity contribution >= 4 is 29.5 Å². The van der Waals surface area contributed by atoms with E-state index in [1.54, 1.807) is 25.3 Å². The number of anilines is 1. The molecule has 3 rings (SSSR count). The number of benzene rings is 2. The van der Waals surface area contributed by atoms with Gasteiger partial charge < -0.3 is 15.0 Å². The Morgan fingerprint density at radius 2 is 1.93 bits per heavy atom. The van der Waals surface area contributed by atoms with E-state index in [9.17, 15) is 18.8 Å². The summed E-state index contributed by atoms with van der Waals surface area (Å²) in [6, 6.07) is 11.3. The molecule has 7 heteroatoms. The Balaban J connectivity index is 1.60. The number of nitrogens with one attached hydrogen (secondary N) is 1. The van der Waals surface area contributed by atoms with Crippen LogP contribution in [-0.2, 0) is 19.1 Å². The lowest BCUT2D eigenvalue weighted by molar-refractivity contribution is -0.149. The average molecular weight is 396 g/mol. The van der Waals surface area contributed by atoms with Crippen molar-refractivity contribution in [3.63, 3.8) is 0 Å². The molecule has 150 valence electrons. The van der Waals surface area contributed by atoms with Gasteiger partial charge in [-0.05, 0) is 41.8 Å². The number of carbonyl (C=O) groups excluding carboxylic acids is 3. The van der Waals surface area contributed by atoms with Crippen molar-refractivity contribution in [2.75, 3.05) is 11.9 Å². The summed E-state index contributed by atoms with van der Waals surface area (Å²) in [5.41, 5.74) is 2.50. The second-order valence-corrected chi connectivity index (χ2v) is 6.76. The van der Waals surface area contributed by atoms with E-state index < -0.39 is 30.3 Å². The minimum absolute atomic E-state index is 0.0899. The van der Waals surface area contributed by atoms with E-state index in [4.69, 9.17) is 4.74 Å². The summed E-state index contributed by atoms with van der Waals surface area (Å²) in [5, 5.41) is 2.48. The van der Waals surface area contributed by atoms with Crippen molar-refractivity contribution in [3.05, 3.63) is 71.2 Å². The summed E-state index contributed by atoms with van der Waals surface area (Å²) in [5.74, 6) is -1.83.